The van der Waals surface area contributed by atoms with Crippen LogP contribution in [-0.4, -0.2) is 6.85 Å². The number of furan rings is 1. The molecule has 6 heteroatoms. The van der Waals surface area contributed by atoms with Crippen LogP contribution in [-0.2, 0) is 23.7 Å². The summed E-state index contributed by atoms with van der Waals surface area (Å²) in [5.41, 5.74) is 20.3. The van der Waals surface area contributed by atoms with Gasteiger partial charge in [-0.15, -0.1) is 22.7 Å². The van der Waals surface area contributed by atoms with Crippen LogP contribution in [0.4, 0.5) is 28.4 Å². The molecule has 14 rings (SSSR count). The van der Waals surface area contributed by atoms with Gasteiger partial charge in [0.2, 0.25) is 0 Å². The molecule has 11 aromatic rings. The van der Waals surface area contributed by atoms with Crippen LogP contribution in [0, 0.1) is 0 Å². The van der Waals surface area contributed by atoms with Gasteiger partial charge in [0, 0.05) is 68.4 Å². The molecule has 2 aliphatic heterocycles. The smallest absolute Gasteiger partial charge is 0.343 e. The quantitative estimate of drug-likeness (QED) is 0.134. The number of hydrogen-bond acceptors (Lipinski definition) is 5. The minimum atomic E-state index is -0.130. The van der Waals surface area contributed by atoms with Gasteiger partial charge in [-0.3, -0.25) is 0 Å². The highest BCUT2D eigenvalue weighted by Crippen LogP contribution is 2.56. The third-order valence-corrected chi connectivity index (χ3v) is 19.2. The van der Waals surface area contributed by atoms with E-state index in [2.05, 4.69) is 203 Å². The van der Waals surface area contributed by atoms with Gasteiger partial charge in [0.1, 0.15) is 5.58 Å². The number of anilines is 5. The van der Waals surface area contributed by atoms with Crippen molar-refractivity contribution >= 4 is 120 Å². The zero-order chi connectivity index (χ0) is 48.6. The Hall–Kier alpha value is -6.60. The van der Waals surface area contributed by atoms with Gasteiger partial charge in [0.25, 0.3) is 0 Å². The highest BCUT2D eigenvalue weighted by atomic mass is 32.1. The van der Waals surface area contributed by atoms with Gasteiger partial charge in [0.15, 0.2) is 5.58 Å². The predicted molar refractivity (Wildman–Crippen MR) is 314 cm³/mol. The molecule has 72 heavy (non-hydrogen) atoms. The Morgan fingerprint density at radius 2 is 1.17 bits per heavy atom. The fraction of sp³-hybridized carbons (Fsp3) is 0.242. The lowest BCUT2D eigenvalue weighted by atomic mass is 9.46. The number of fused-ring (bicyclic) bond motifs is 14. The number of rotatable bonds is 9. The summed E-state index contributed by atoms with van der Waals surface area (Å²) in [7, 11) is 0. The van der Waals surface area contributed by atoms with E-state index in [4.69, 9.17) is 4.42 Å². The Labute approximate surface area is 431 Å². The van der Waals surface area contributed by atoms with Gasteiger partial charge >= 0.3 is 6.85 Å². The Bertz CT molecular complexity index is 3970. The van der Waals surface area contributed by atoms with Gasteiger partial charge in [-0.05, 0) is 167 Å². The molecule has 0 saturated carbocycles. The van der Waals surface area contributed by atoms with Crippen LogP contribution in [0.2, 0.25) is 0 Å². The summed E-state index contributed by atoms with van der Waals surface area (Å²) in [6.07, 6.45) is 9.24. The van der Waals surface area contributed by atoms with Gasteiger partial charge in [-0.2, -0.15) is 0 Å². The van der Waals surface area contributed by atoms with E-state index in [-0.39, 0.29) is 17.7 Å². The highest BCUT2D eigenvalue weighted by molar-refractivity contribution is 7.32. The number of hydrogen-bond donors (Lipinski definition) is 0. The van der Waals surface area contributed by atoms with Crippen LogP contribution in [0.15, 0.2) is 156 Å². The summed E-state index contributed by atoms with van der Waals surface area (Å²) in [5.74, 6) is 0. The molecule has 0 radical (unpaired) electrons. The van der Waals surface area contributed by atoms with Gasteiger partial charge in [-0.1, -0.05) is 133 Å². The molecule has 0 atom stereocenters. The number of para-hydroxylation sites is 1. The molecule has 3 aliphatic rings. The monoisotopic (exact) mass is 970 g/mol. The number of benzene rings is 8. The van der Waals surface area contributed by atoms with Crippen LogP contribution in [0.5, 0.6) is 0 Å². The lowest BCUT2D eigenvalue weighted by Crippen LogP contribution is -2.60. The van der Waals surface area contributed by atoms with E-state index < -0.39 is 0 Å². The van der Waals surface area contributed by atoms with E-state index in [1.54, 1.807) is 0 Å². The first-order chi connectivity index (χ1) is 35.1. The molecule has 0 amide bonds. The molecule has 5 heterocycles. The van der Waals surface area contributed by atoms with Crippen molar-refractivity contribution in [1.29, 1.82) is 0 Å². The van der Waals surface area contributed by atoms with Crippen molar-refractivity contribution in [2.75, 3.05) is 9.71 Å². The Balaban J connectivity index is 1.11. The second-order valence-electron chi connectivity index (χ2n) is 22.3. The summed E-state index contributed by atoms with van der Waals surface area (Å²) in [6, 6.07) is 58.6. The molecule has 0 unspecified atom stereocenters. The van der Waals surface area contributed by atoms with Gasteiger partial charge < -0.3 is 14.1 Å². The van der Waals surface area contributed by atoms with E-state index in [0.29, 0.717) is 0 Å². The lowest BCUT2D eigenvalue weighted by molar-refractivity contribution is 0.332. The average Bonchev–Trinajstić information content (AvgIpc) is 4.09. The van der Waals surface area contributed by atoms with Crippen LogP contribution >= 0.6 is 22.7 Å². The standard InChI is InChI=1S/C66H59BN2OS2/c1-7-9-16-40-22-27-44(28-23-40)68-61-52-34-41(17-10-8-2)24-31-57(52)72-64(61)67-60-50(36-51-46-20-14-15-21-56(46)70-63(51)62(60)68)47-35-48-49-37-53-54(66(5,6)33-32-65(53,3)4)38-58(49)71-59(48)39-55(47)69(67)45-29-25-43(26-30-45)42-18-12-11-13-19-42/h11-15,18-31,34-39H,7-10,16-17,32-33H2,1-6H3. The van der Waals surface area contributed by atoms with Crippen molar-refractivity contribution in [1.82, 2.24) is 0 Å². The van der Waals surface area contributed by atoms with E-state index >= 15 is 0 Å². The summed E-state index contributed by atoms with van der Waals surface area (Å²) >= 11 is 3.95. The second kappa shape index (κ2) is 16.5. The fourth-order valence-electron chi connectivity index (χ4n) is 12.8. The van der Waals surface area contributed by atoms with Crippen LogP contribution in [0.1, 0.15) is 102 Å². The molecule has 1 aliphatic carbocycles. The SMILES string of the molecule is CCCCc1ccc(N2c3c(sc4ccc(CCCC)cc34)B3c4c(cc5c(oc6ccccc65)c42)-c2cc4c(cc2N3c2ccc(-c3ccccc3)cc2)sc2cc3c(cc24)C(C)(C)CCC3(C)C)cc1. The van der Waals surface area contributed by atoms with Gasteiger partial charge in [-0.25, -0.2) is 0 Å². The van der Waals surface area contributed by atoms with Crippen molar-refractivity contribution in [2.24, 2.45) is 0 Å². The number of aryl methyl sites for hydroxylation is 2. The third kappa shape index (κ3) is 6.67. The second-order valence-corrected chi connectivity index (χ2v) is 24.5. The Morgan fingerprint density at radius 3 is 1.93 bits per heavy atom. The first-order valence-electron chi connectivity index (χ1n) is 26.5. The summed E-state index contributed by atoms with van der Waals surface area (Å²) in [5, 5.41) is 6.35. The largest absolute Gasteiger partial charge is 0.454 e. The summed E-state index contributed by atoms with van der Waals surface area (Å²) in [4.78, 5) is 5.33. The maximum Gasteiger partial charge on any atom is 0.343 e. The molecule has 3 aromatic heterocycles. The first-order valence-corrected chi connectivity index (χ1v) is 28.1. The average molecular weight is 971 g/mol. The molecule has 0 saturated heterocycles. The summed E-state index contributed by atoms with van der Waals surface area (Å²) < 4.78 is 12.7. The molecule has 8 aromatic carbocycles. The topological polar surface area (TPSA) is 19.6 Å². The zero-order valence-corrected chi connectivity index (χ0v) is 43.9. The number of thiophene rings is 2. The molecule has 354 valence electrons. The van der Waals surface area contributed by atoms with E-state index in [9.17, 15) is 0 Å². The van der Waals surface area contributed by atoms with Crippen LogP contribution in [0.25, 0.3) is 74.5 Å². The molecular weight excluding hydrogens is 912 g/mol. The van der Waals surface area contributed by atoms with Crippen LogP contribution < -0.4 is 20.0 Å². The van der Waals surface area contributed by atoms with E-state index in [1.165, 1.54) is 146 Å². The molecule has 0 N–H and O–H groups in total. The van der Waals surface area contributed by atoms with E-state index in [0.717, 1.165) is 40.5 Å². The maximum atomic E-state index is 7.28. The van der Waals surface area contributed by atoms with Crippen molar-refractivity contribution < 1.29 is 4.42 Å². The van der Waals surface area contributed by atoms with Crippen molar-refractivity contribution in [3.05, 3.63) is 174 Å². The number of unbranched alkanes of at least 4 members (excludes halogenated alkanes) is 2. The molecule has 0 bridgehead atoms. The van der Waals surface area contributed by atoms with Crippen molar-refractivity contribution in [2.45, 2.75) is 104 Å². The van der Waals surface area contributed by atoms with Crippen molar-refractivity contribution in [3.8, 4) is 22.3 Å². The minimum Gasteiger partial charge on any atom is -0.454 e. The molecular formula is C66H59BN2OS2. The number of nitrogens with zero attached hydrogens (tertiary/aromatic N) is 2. The molecule has 0 fully saturated rings. The Kier molecular flexibility index (Phi) is 10.1. The first kappa shape index (κ1) is 44.1. The minimum absolute atomic E-state index is 0.111. The lowest BCUT2D eigenvalue weighted by Gasteiger charge is -2.44. The highest BCUT2D eigenvalue weighted by Gasteiger charge is 2.49. The Morgan fingerprint density at radius 1 is 0.528 bits per heavy atom. The zero-order valence-electron chi connectivity index (χ0n) is 42.3. The van der Waals surface area contributed by atoms with Crippen LogP contribution in [0.3, 0.4) is 0 Å². The summed E-state index contributed by atoms with van der Waals surface area (Å²) in [6.45, 7) is 14.3. The van der Waals surface area contributed by atoms with E-state index in [1.807, 2.05) is 22.7 Å². The normalized spacial score (nSPS) is 15.4. The predicted octanol–water partition coefficient (Wildman–Crippen LogP) is 18.6. The molecule has 0 spiro atoms. The third-order valence-electron chi connectivity index (χ3n) is 16.9. The van der Waals surface area contributed by atoms with Gasteiger partial charge in [0.05, 0.1) is 11.4 Å². The fourth-order valence-corrected chi connectivity index (χ4v) is 15.2. The molecule has 3 nitrogen and oxygen atoms in total. The maximum absolute atomic E-state index is 7.28. The van der Waals surface area contributed by atoms with Crippen molar-refractivity contribution in [3.63, 3.8) is 0 Å².